The molecule has 0 radical (unpaired) electrons. The van der Waals surface area contributed by atoms with Gasteiger partial charge in [-0.15, -0.1) is 0 Å². The Hall–Kier alpha value is -5.45. The normalized spacial score (nSPS) is 15.7. The molecule has 10 N–H and O–H groups in total. The van der Waals surface area contributed by atoms with Gasteiger partial charge in [0.1, 0.15) is 28.7 Å². The zero-order valence-electron chi connectivity index (χ0n) is 35.8. The number of hydrogen-bond donors (Lipinski definition) is 6. The van der Waals surface area contributed by atoms with E-state index in [-0.39, 0.29) is 54.3 Å². The van der Waals surface area contributed by atoms with Crippen LogP contribution < -0.4 is 42.4 Å². The molecular formula is C44H60N8O7S. The minimum absolute atomic E-state index is 0.0261. The number of carbonyl (C=O) groups is 3. The monoisotopic (exact) mass is 844 g/mol. The fraction of sp³-hybridized carbons (Fsp3) is 0.455. The Labute approximate surface area is 352 Å². The predicted molar refractivity (Wildman–Crippen MR) is 234 cm³/mol. The van der Waals surface area contributed by atoms with Crippen LogP contribution in [0.15, 0.2) is 64.6 Å². The molecule has 3 atom stereocenters. The van der Waals surface area contributed by atoms with Gasteiger partial charge in [0.2, 0.25) is 17.8 Å². The van der Waals surface area contributed by atoms with Gasteiger partial charge < -0.3 is 37.7 Å². The van der Waals surface area contributed by atoms with E-state index < -0.39 is 45.9 Å². The molecule has 0 aliphatic carbocycles. The molecule has 60 heavy (non-hydrogen) atoms. The average Bonchev–Trinajstić information content (AvgIpc) is 3.52. The third-order valence-corrected chi connectivity index (χ3v) is 12.3. The Morgan fingerprint density at radius 1 is 0.950 bits per heavy atom. The Balaban J connectivity index is 1.34. The van der Waals surface area contributed by atoms with E-state index in [0.29, 0.717) is 39.8 Å². The lowest BCUT2D eigenvalue weighted by atomic mass is 9.88. The molecule has 3 aromatic carbocycles. The first-order chi connectivity index (χ1) is 28.0. The SMILES string of the molecule is Cc1c(C)c(S(=O)(=O)NC(N)=NCCC[C@H](NC(=O)[C@@H](N)Cc2ccc(OC(C)(C)C)cc2)C(=O)n2cc(C[C@H](N)C(N)=O)c3ccccc32)c(C)c2c1OC(C)(C)CC2. The molecule has 5 rings (SSSR count). The third-order valence-electron chi connectivity index (χ3n) is 10.7. The lowest BCUT2D eigenvalue weighted by Crippen LogP contribution is -2.50. The van der Waals surface area contributed by atoms with Crippen molar-refractivity contribution in [3.05, 3.63) is 88.1 Å². The maximum Gasteiger partial charge on any atom is 0.264 e. The van der Waals surface area contributed by atoms with Gasteiger partial charge in [-0.25, -0.2) is 13.1 Å². The number of ether oxygens (including phenoxy) is 2. The minimum Gasteiger partial charge on any atom is -0.488 e. The molecule has 0 bridgehead atoms. The molecule has 0 saturated heterocycles. The number of nitrogens with zero attached hydrogens (tertiary/aromatic N) is 2. The summed E-state index contributed by atoms with van der Waals surface area (Å²) in [5.74, 6) is -0.615. The number of primary amides is 1. The Bertz CT molecular complexity index is 2400. The summed E-state index contributed by atoms with van der Waals surface area (Å²) in [6, 6.07) is 11.4. The lowest BCUT2D eigenvalue weighted by molar-refractivity contribution is -0.123. The highest BCUT2D eigenvalue weighted by Crippen LogP contribution is 2.42. The number of aliphatic imine (C=N–C) groups is 1. The second-order valence-corrected chi connectivity index (χ2v) is 18.8. The highest BCUT2D eigenvalue weighted by atomic mass is 32.2. The quantitative estimate of drug-likeness (QED) is 0.0571. The van der Waals surface area contributed by atoms with Crippen LogP contribution in [0.25, 0.3) is 10.9 Å². The molecule has 0 fully saturated rings. The number of benzene rings is 3. The number of hydrogen-bond acceptors (Lipinski definition) is 10. The van der Waals surface area contributed by atoms with Crippen LogP contribution in [0.3, 0.4) is 0 Å². The van der Waals surface area contributed by atoms with Crippen molar-refractivity contribution in [3.63, 3.8) is 0 Å². The van der Waals surface area contributed by atoms with E-state index in [9.17, 15) is 22.8 Å². The van der Waals surface area contributed by atoms with Crippen molar-refractivity contribution in [1.29, 1.82) is 0 Å². The maximum absolute atomic E-state index is 14.4. The van der Waals surface area contributed by atoms with Crippen LogP contribution >= 0.6 is 0 Å². The van der Waals surface area contributed by atoms with Gasteiger partial charge in [0.25, 0.3) is 15.9 Å². The number of rotatable bonds is 15. The molecule has 2 heterocycles. The molecular weight excluding hydrogens is 785 g/mol. The number of fused-ring (bicyclic) bond motifs is 2. The highest BCUT2D eigenvalue weighted by molar-refractivity contribution is 7.90. The van der Waals surface area contributed by atoms with Gasteiger partial charge in [-0.05, 0) is 145 Å². The summed E-state index contributed by atoms with van der Waals surface area (Å²) in [5.41, 5.74) is 28.0. The van der Waals surface area contributed by atoms with Crippen molar-refractivity contribution in [2.75, 3.05) is 6.54 Å². The molecule has 0 spiro atoms. The lowest BCUT2D eigenvalue weighted by Gasteiger charge is -2.35. The zero-order valence-corrected chi connectivity index (χ0v) is 36.7. The number of aromatic nitrogens is 1. The molecule has 2 amide bonds. The number of guanidine groups is 1. The van der Waals surface area contributed by atoms with Crippen LogP contribution in [0.4, 0.5) is 0 Å². The van der Waals surface area contributed by atoms with Crippen LogP contribution in [0.2, 0.25) is 0 Å². The fourth-order valence-corrected chi connectivity index (χ4v) is 9.02. The summed E-state index contributed by atoms with van der Waals surface area (Å²) in [7, 11) is -4.14. The maximum atomic E-state index is 14.4. The van der Waals surface area contributed by atoms with E-state index in [2.05, 4.69) is 15.0 Å². The number of nitrogens with two attached hydrogens (primary N) is 4. The summed E-state index contributed by atoms with van der Waals surface area (Å²) in [6.45, 7) is 15.3. The third kappa shape index (κ3) is 10.8. The van der Waals surface area contributed by atoms with Crippen LogP contribution in [0, 0.1) is 20.8 Å². The fourth-order valence-electron chi connectivity index (χ4n) is 7.50. The molecule has 0 saturated carbocycles. The first-order valence-corrected chi connectivity index (χ1v) is 21.6. The molecule has 16 heteroatoms. The molecule has 324 valence electrons. The van der Waals surface area contributed by atoms with Gasteiger partial charge in [0.15, 0.2) is 0 Å². The van der Waals surface area contributed by atoms with E-state index in [1.807, 2.05) is 71.9 Å². The zero-order chi connectivity index (χ0) is 44.3. The van der Waals surface area contributed by atoms with Gasteiger partial charge in [-0.3, -0.25) is 23.9 Å². The average molecular weight is 845 g/mol. The first-order valence-electron chi connectivity index (χ1n) is 20.1. The van der Waals surface area contributed by atoms with Gasteiger partial charge in [0, 0.05) is 18.1 Å². The van der Waals surface area contributed by atoms with E-state index in [1.54, 1.807) is 38.2 Å². The van der Waals surface area contributed by atoms with Gasteiger partial charge in [0.05, 0.1) is 22.5 Å². The van der Waals surface area contributed by atoms with Gasteiger partial charge >= 0.3 is 0 Å². The van der Waals surface area contributed by atoms with Gasteiger partial charge in [-0.1, -0.05) is 30.3 Å². The van der Waals surface area contributed by atoms with Crippen LogP contribution in [-0.2, 0) is 38.9 Å². The summed E-state index contributed by atoms with van der Waals surface area (Å²) >= 11 is 0. The van der Waals surface area contributed by atoms with Crippen molar-refractivity contribution in [1.82, 2.24) is 14.6 Å². The molecule has 0 unspecified atom stereocenters. The summed E-state index contributed by atoms with van der Waals surface area (Å²) in [5, 5.41) is 3.54. The van der Waals surface area contributed by atoms with E-state index >= 15 is 0 Å². The van der Waals surface area contributed by atoms with Gasteiger partial charge in [-0.2, -0.15) is 0 Å². The highest BCUT2D eigenvalue weighted by Gasteiger charge is 2.34. The molecule has 1 aliphatic rings. The molecule has 15 nitrogen and oxygen atoms in total. The minimum atomic E-state index is -4.14. The van der Waals surface area contributed by atoms with E-state index in [0.717, 1.165) is 28.9 Å². The number of sulfonamides is 1. The largest absolute Gasteiger partial charge is 0.488 e. The Morgan fingerprint density at radius 3 is 2.27 bits per heavy atom. The second kappa shape index (κ2) is 18.0. The summed E-state index contributed by atoms with van der Waals surface area (Å²) < 4.78 is 43.6. The van der Waals surface area contributed by atoms with Crippen molar-refractivity contribution >= 4 is 44.6 Å². The van der Waals surface area contributed by atoms with E-state index in [1.165, 1.54) is 4.57 Å². The van der Waals surface area contributed by atoms with Crippen LogP contribution in [0.1, 0.15) is 92.1 Å². The van der Waals surface area contributed by atoms with Crippen molar-refractivity contribution in [2.45, 2.75) is 128 Å². The Morgan fingerprint density at radius 2 is 1.62 bits per heavy atom. The topological polar surface area (TPSA) is 249 Å². The number of carbonyl (C=O) groups excluding carboxylic acids is 3. The summed E-state index contributed by atoms with van der Waals surface area (Å²) in [4.78, 5) is 44.3. The molecule has 4 aromatic rings. The number of para-hydroxylation sites is 1. The predicted octanol–water partition coefficient (Wildman–Crippen LogP) is 3.97. The second-order valence-electron chi connectivity index (χ2n) is 17.2. The molecule has 1 aliphatic heterocycles. The van der Waals surface area contributed by atoms with E-state index in [4.69, 9.17) is 32.4 Å². The van der Waals surface area contributed by atoms with Crippen LogP contribution in [0.5, 0.6) is 11.5 Å². The summed E-state index contributed by atoms with van der Waals surface area (Å²) in [6.07, 6.45) is 3.62. The standard InChI is InChI=1S/C44H60N8O7S/c1-25-26(2)38(27(3)31-19-20-44(7,8)59-37(25)31)60(56,57)51-42(48)49-21-11-13-35(50-40(54)34(46)22-28-15-17-30(18-16-28)58-43(4,5)6)41(55)52-24-29(23-33(45)39(47)53)32-12-9-10-14-36(32)52/h9-10,12,14-18,24,33-35H,11,13,19-23,45-46H2,1-8H3,(H2,47,53)(H,50,54)(H3,48,49,51)/t33-,34-,35-/m0/s1. The Kier molecular flexibility index (Phi) is 13.7. The van der Waals surface area contributed by atoms with Crippen molar-refractivity contribution < 1.29 is 32.3 Å². The molecule has 1 aromatic heterocycles. The number of nitrogens with one attached hydrogen (secondary N) is 2. The van der Waals surface area contributed by atoms with Crippen LogP contribution in [-0.4, -0.2) is 72.5 Å². The number of amides is 2. The van der Waals surface area contributed by atoms with Crippen molar-refractivity contribution in [2.24, 2.45) is 27.9 Å². The first kappa shape index (κ1) is 45.6. The van der Waals surface area contributed by atoms with Crippen molar-refractivity contribution in [3.8, 4) is 11.5 Å². The smallest absolute Gasteiger partial charge is 0.264 e.